The molecule has 3 nitrogen and oxygen atoms in total. The topological polar surface area (TPSA) is 38.3 Å². The summed E-state index contributed by atoms with van der Waals surface area (Å²) < 4.78 is 6.23. The number of hydrogen-bond acceptors (Lipinski definition) is 4. The van der Waals surface area contributed by atoms with Gasteiger partial charge < -0.3 is 10.1 Å². The summed E-state index contributed by atoms with van der Waals surface area (Å²) in [6.07, 6.45) is 1.82. The van der Waals surface area contributed by atoms with Crippen LogP contribution in [0.3, 0.4) is 0 Å². The van der Waals surface area contributed by atoms with E-state index in [0.29, 0.717) is 15.8 Å². The minimum atomic E-state index is -0.139. The van der Waals surface area contributed by atoms with Crippen molar-refractivity contribution in [3.05, 3.63) is 70.6 Å². The summed E-state index contributed by atoms with van der Waals surface area (Å²) in [4.78, 5) is 12.2. The first-order valence-electron chi connectivity index (χ1n) is 6.72. The van der Waals surface area contributed by atoms with Gasteiger partial charge in [0.05, 0.1) is 4.91 Å². The molecule has 0 unspecified atom stereocenters. The Hall–Kier alpha value is -2.11. The molecule has 22 heavy (non-hydrogen) atoms. The van der Waals surface area contributed by atoms with Crippen molar-refractivity contribution in [2.24, 2.45) is 0 Å². The SMILES string of the molecule is O=C1NC(=S)S/C1=C\c1ccc(OCc2ccccc2)cc1. The van der Waals surface area contributed by atoms with Gasteiger partial charge in [-0.3, -0.25) is 4.79 Å². The van der Waals surface area contributed by atoms with Crippen molar-refractivity contribution in [1.82, 2.24) is 5.32 Å². The number of carbonyl (C=O) groups is 1. The van der Waals surface area contributed by atoms with Crippen molar-refractivity contribution >= 4 is 40.3 Å². The van der Waals surface area contributed by atoms with Gasteiger partial charge in [0.25, 0.3) is 5.91 Å². The maximum absolute atomic E-state index is 11.6. The second kappa shape index (κ2) is 6.77. The molecule has 3 rings (SSSR count). The first kappa shape index (κ1) is 14.8. The fourth-order valence-corrected chi connectivity index (χ4v) is 3.02. The molecular formula is C17H13NO2S2. The van der Waals surface area contributed by atoms with Gasteiger partial charge >= 0.3 is 0 Å². The van der Waals surface area contributed by atoms with Gasteiger partial charge in [-0.1, -0.05) is 66.4 Å². The quantitative estimate of drug-likeness (QED) is 0.685. The zero-order valence-corrected chi connectivity index (χ0v) is 13.2. The Morgan fingerprint density at radius 1 is 1.09 bits per heavy atom. The molecule has 1 amide bonds. The van der Waals surface area contributed by atoms with Gasteiger partial charge in [-0.15, -0.1) is 0 Å². The molecule has 2 aromatic carbocycles. The molecule has 0 radical (unpaired) electrons. The molecule has 1 heterocycles. The van der Waals surface area contributed by atoms with E-state index < -0.39 is 0 Å². The highest BCUT2D eigenvalue weighted by Crippen LogP contribution is 2.26. The lowest BCUT2D eigenvalue weighted by molar-refractivity contribution is -0.115. The molecule has 5 heteroatoms. The molecule has 2 aromatic rings. The molecule has 0 aliphatic carbocycles. The molecule has 0 spiro atoms. The Morgan fingerprint density at radius 3 is 2.45 bits per heavy atom. The number of carbonyl (C=O) groups excluding carboxylic acids is 1. The van der Waals surface area contributed by atoms with E-state index in [0.717, 1.165) is 16.9 Å². The van der Waals surface area contributed by atoms with Crippen LogP contribution in [-0.4, -0.2) is 10.2 Å². The minimum Gasteiger partial charge on any atom is -0.489 e. The Bertz CT molecular complexity index is 724. The van der Waals surface area contributed by atoms with Crippen molar-refractivity contribution in [2.45, 2.75) is 6.61 Å². The number of thioether (sulfide) groups is 1. The zero-order valence-electron chi connectivity index (χ0n) is 11.6. The normalized spacial score (nSPS) is 15.9. The number of nitrogens with one attached hydrogen (secondary N) is 1. The summed E-state index contributed by atoms with van der Waals surface area (Å²) in [5, 5.41) is 2.60. The first-order valence-corrected chi connectivity index (χ1v) is 7.95. The Morgan fingerprint density at radius 2 is 1.82 bits per heavy atom. The second-order valence-electron chi connectivity index (χ2n) is 4.70. The summed E-state index contributed by atoms with van der Waals surface area (Å²) in [6.45, 7) is 0.536. The fraction of sp³-hybridized carbons (Fsp3) is 0.0588. The Labute approximate surface area is 138 Å². The van der Waals surface area contributed by atoms with Crippen LogP contribution in [0.2, 0.25) is 0 Å². The third-order valence-corrected chi connectivity index (χ3v) is 4.23. The lowest BCUT2D eigenvalue weighted by Crippen LogP contribution is -2.17. The van der Waals surface area contributed by atoms with Crippen LogP contribution in [0.25, 0.3) is 6.08 Å². The molecule has 0 saturated carbocycles. The molecule has 1 saturated heterocycles. The van der Waals surface area contributed by atoms with Crippen LogP contribution in [0, 0.1) is 0 Å². The molecule has 0 bridgehead atoms. The highest BCUT2D eigenvalue weighted by molar-refractivity contribution is 8.26. The van der Waals surface area contributed by atoms with E-state index in [1.54, 1.807) is 0 Å². The van der Waals surface area contributed by atoms with E-state index in [1.807, 2.05) is 60.7 Å². The highest BCUT2D eigenvalue weighted by atomic mass is 32.2. The lowest BCUT2D eigenvalue weighted by atomic mass is 10.2. The summed E-state index contributed by atoms with van der Waals surface area (Å²) in [5.74, 6) is 0.657. The lowest BCUT2D eigenvalue weighted by Gasteiger charge is -2.06. The maximum atomic E-state index is 11.6. The Balaban J connectivity index is 1.64. The van der Waals surface area contributed by atoms with E-state index >= 15 is 0 Å². The number of benzene rings is 2. The molecule has 1 N–H and O–H groups in total. The molecule has 1 aliphatic heterocycles. The first-order chi connectivity index (χ1) is 10.7. The van der Waals surface area contributed by atoms with Crippen LogP contribution in [0.4, 0.5) is 0 Å². The smallest absolute Gasteiger partial charge is 0.263 e. The molecule has 0 aromatic heterocycles. The van der Waals surface area contributed by atoms with Gasteiger partial charge in [-0.2, -0.15) is 0 Å². The van der Waals surface area contributed by atoms with Crippen molar-refractivity contribution in [3.8, 4) is 5.75 Å². The predicted molar refractivity (Wildman–Crippen MR) is 93.5 cm³/mol. The van der Waals surface area contributed by atoms with E-state index in [1.165, 1.54) is 11.8 Å². The fourth-order valence-electron chi connectivity index (χ4n) is 1.97. The van der Waals surface area contributed by atoms with Crippen molar-refractivity contribution in [2.75, 3.05) is 0 Å². The average molecular weight is 327 g/mol. The van der Waals surface area contributed by atoms with Gasteiger partial charge in [0.1, 0.15) is 16.7 Å². The molecule has 1 aliphatic rings. The molecular weight excluding hydrogens is 314 g/mol. The maximum Gasteiger partial charge on any atom is 0.263 e. The van der Waals surface area contributed by atoms with Gasteiger partial charge in [0, 0.05) is 0 Å². The van der Waals surface area contributed by atoms with Crippen LogP contribution in [0.15, 0.2) is 59.5 Å². The summed E-state index contributed by atoms with van der Waals surface area (Å²) in [5.41, 5.74) is 2.07. The minimum absolute atomic E-state index is 0.139. The van der Waals surface area contributed by atoms with Crippen molar-refractivity contribution in [1.29, 1.82) is 0 Å². The van der Waals surface area contributed by atoms with Crippen LogP contribution in [0.1, 0.15) is 11.1 Å². The van der Waals surface area contributed by atoms with E-state index in [9.17, 15) is 4.79 Å². The predicted octanol–water partition coefficient (Wildman–Crippen LogP) is 3.75. The van der Waals surface area contributed by atoms with Gasteiger partial charge in [-0.05, 0) is 29.3 Å². The number of ether oxygens (including phenoxy) is 1. The average Bonchev–Trinajstić information content (AvgIpc) is 2.85. The number of thiocarbonyl (C=S) groups is 1. The Kier molecular flexibility index (Phi) is 4.56. The van der Waals surface area contributed by atoms with E-state index in [2.05, 4.69) is 5.32 Å². The van der Waals surface area contributed by atoms with Crippen LogP contribution < -0.4 is 10.1 Å². The third-order valence-electron chi connectivity index (χ3n) is 3.07. The van der Waals surface area contributed by atoms with Crippen molar-refractivity contribution < 1.29 is 9.53 Å². The van der Waals surface area contributed by atoms with E-state index in [4.69, 9.17) is 17.0 Å². The van der Waals surface area contributed by atoms with Crippen molar-refractivity contribution in [3.63, 3.8) is 0 Å². The molecule has 110 valence electrons. The monoisotopic (exact) mass is 327 g/mol. The number of amides is 1. The largest absolute Gasteiger partial charge is 0.489 e. The van der Waals surface area contributed by atoms with Gasteiger partial charge in [-0.25, -0.2) is 0 Å². The summed E-state index contributed by atoms with van der Waals surface area (Å²) in [7, 11) is 0. The zero-order chi connectivity index (χ0) is 15.4. The summed E-state index contributed by atoms with van der Waals surface area (Å²) >= 11 is 6.24. The highest BCUT2D eigenvalue weighted by Gasteiger charge is 2.21. The van der Waals surface area contributed by atoms with Crippen LogP contribution >= 0.6 is 24.0 Å². The molecule has 1 fully saturated rings. The summed E-state index contributed by atoms with van der Waals surface area (Å²) in [6, 6.07) is 17.6. The van der Waals surface area contributed by atoms with Crippen LogP contribution in [-0.2, 0) is 11.4 Å². The van der Waals surface area contributed by atoms with E-state index in [-0.39, 0.29) is 5.91 Å². The van der Waals surface area contributed by atoms with Gasteiger partial charge in [0.2, 0.25) is 0 Å². The third kappa shape index (κ3) is 3.75. The molecule has 0 atom stereocenters. The number of rotatable bonds is 4. The standard InChI is InChI=1S/C17H13NO2S2/c19-16-15(22-17(21)18-16)10-12-6-8-14(9-7-12)20-11-13-4-2-1-3-5-13/h1-10H,11H2,(H,18,19,21)/b15-10-. The van der Waals surface area contributed by atoms with Crippen LogP contribution in [0.5, 0.6) is 5.75 Å². The van der Waals surface area contributed by atoms with Gasteiger partial charge in [0.15, 0.2) is 0 Å². The second-order valence-corrected chi connectivity index (χ2v) is 6.41. The number of hydrogen-bond donors (Lipinski definition) is 1.